The second-order valence-electron chi connectivity index (χ2n) is 4.61. The van der Waals surface area contributed by atoms with Crippen molar-refractivity contribution in [2.75, 3.05) is 13.6 Å². The van der Waals surface area contributed by atoms with Crippen molar-refractivity contribution in [3.05, 3.63) is 30.0 Å². The number of benzene rings is 1. The number of nitrogens with zero attached hydrogens (tertiary/aromatic N) is 1. The number of aromatic hydroxyl groups is 1. The lowest BCUT2D eigenvalue weighted by Gasteiger charge is -2.18. The van der Waals surface area contributed by atoms with Crippen molar-refractivity contribution in [1.82, 2.24) is 9.88 Å². The summed E-state index contributed by atoms with van der Waals surface area (Å²) in [5.41, 5.74) is 2.42. The number of nitrogens with one attached hydrogen (secondary N) is 1. The van der Waals surface area contributed by atoms with Crippen LogP contribution in [0.25, 0.3) is 10.9 Å². The number of rotatable bonds is 1. The highest BCUT2D eigenvalue weighted by Gasteiger charge is 2.24. The normalized spacial score (nSPS) is 21.9. The molecule has 2 heterocycles. The van der Waals surface area contributed by atoms with Gasteiger partial charge in [0.15, 0.2) is 0 Å². The SMILES string of the molecule is CN1CCCC1c1c[nH]c2ccc(O)cc12. The van der Waals surface area contributed by atoms with E-state index in [9.17, 15) is 5.11 Å². The number of hydrogen-bond donors (Lipinski definition) is 2. The third-order valence-corrected chi connectivity index (χ3v) is 3.58. The Morgan fingerprint density at radius 1 is 1.44 bits per heavy atom. The number of hydrogen-bond acceptors (Lipinski definition) is 2. The van der Waals surface area contributed by atoms with Crippen LogP contribution >= 0.6 is 0 Å². The van der Waals surface area contributed by atoms with E-state index < -0.39 is 0 Å². The fourth-order valence-corrected chi connectivity index (χ4v) is 2.71. The van der Waals surface area contributed by atoms with Crippen LogP contribution in [0.4, 0.5) is 0 Å². The van der Waals surface area contributed by atoms with Gasteiger partial charge in [-0.25, -0.2) is 0 Å². The molecular formula is C13H16N2O. The van der Waals surface area contributed by atoms with Crippen LogP contribution in [-0.4, -0.2) is 28.6 Å². The third kappa shape index (κ3) is 1.39. The molecule has 1 aliphatic heterocycles. The number of aromatic amines is 1. The number of aromatic nitrogens is 1. The lowest BCUT2D eigenvalue weighted by molar-refractivity contribution is 0.319. The highest BCUT2D eigenvalue weighted by Crippen LogP contribution is 2.35. The van der Waals surface area contributed by atoms with E-state index in [0.29, 0.717) is 11.8 Å². The lowest BCUT2D eigenvalue weighted by Crippen LogP contribution is -2.17. The average Bonchev–Trinajstić information content (AvgIpc) is 2.83. The number of H-pyrrole nitrogens is 1. The molecule has 3 nitrogen and oxygen atoms in total. The zero-order valence-electron chi connectivity index (χ0n) is 9.40. The van der Waals surface area contributed by atoms with Gasteiger partial charge in [-0.05, 0) is 50.2 Å². The Hall–Kier alpha value is -1.48. The molecular weight excluding hydrogens is 200 g/mol. The molecule has 1 saturated heterocycles. The van der Waals surface area contributed by atoms with E-state index in [1.807, 2.05) is 12.1 Å². The van der Waals surface area contributed by atoms with Crippen LogP contribution in [0.1, 0.15) is 24.4 Å². The molecule has 1 aromatic carbocycles. The van der Waals surface area contributed by atoms with Gasteiger partial charge < -0.3 is 10.1 Å². The van der Waals surface area contributed by atoms with Crippen LogP contribution in [0, 0.1) is 0 Å². The van der Waals surface area contributed by atoms with Crippen molar-refractivity contribution in [2.45, 2.75) is 18.9 Å². The lowest BCUT2D eigenvalue weighted by atomic mass is 10.0. The molecule has 0 spiro atoms. The van der Waals surface area contributed by atoms with Gasteiger partial charge in [-0.2, -0.15) is 0 Å². The van der Waals surface area contributed by atoms with Crippen molar-refractivity contribution in [3.63, 3.8) is 0 Å². The standard InChI is InChI=1S/C13H16N2O/c1-15-6-2-3-13(15)11-8-14-12-5-4-9(16)7-10(11)12/h4-5,7-8,13-14,16H,2-3,6H2,1H3. The third-order valence-electron chi connectivity index (χ3n) is 3.58. The molecule has 0 radical (unpaired) electrons. The first-order valence-corrected chi connectivity index (χ1v) is 5.76. The number of likely N-dealkylation sites (tertiary alicyclic amines) is 1. The molecule has 2 N–H and O–H groups in total. The van der Waals surface area contributed by atoms with Gasteiger partial charge in [0, 0.05) is 23.1 Å². The molecule has 1 unspecified atom stereocenters. The van der Waals surface area contributed by atoms with E-state index in [2.05, 4.69) is 23.1 Å². The Morgan fingerprint density at radius 3 is 3.06 bits per heavy atom. The Kier molecular flexibility index (Phi) is 2.14. The van der Waals surface area contributed by atoms with Crippen molar-refractivity contribution < 1.29 is 5.11 Å². The molecule has 0 amide bonds. The largest absolute Gasteiger partial charge is 0.508 e. The molecule has 1 atom stereocenters. The van der Waals surface area contributed by atoms with E-state index in [4.69, 9.17) is 0 Å². The van der Waals surface area contributed by atoms with Crippen LogP contribution in [0.3, 0.4) is 0 Å². The molecule has 3 heteroatoms. The minimum atomic E-state index is 0.342. The smallest absolute Gasteiger partial charge is 0.116 e. The Morgan fingerprint density at radius 2 is 2.31 bits per heavy atom. The van der Waals surface area contributed by atoms with E-state index in [-0.39, 0.29) is 0 Å². The predicted molar refractivity (Wildman–Crippen MR) is 64.6 cm³/mol. The molecule has 0 bridgehead atoms. The number of phenols is 1. The van der Waals surface area contributed by atoms with E-state index in [1.54, 1.807) is 6.07 Å². The Bertz CT molecular complexity index is 518. The van der Waals surface area contributed by atoms with Gasteiger partial charge in [0.2, 0.25) is 0 Å². The maximum atomic E-state index is 9.55. The van der Waals surface area contributed by atoms with Gasteiger partial charge in [0.1, 0.15) is 5.75 Å². The summed E-state index contributed by atoms with van der Waals surface area (Å²) in [5.74, 6) is 0.342. The first-order valence-electron chi connectivity index (χ1n) is 5.76. The molecule has 84 valence electrons. The van der Waals surface area contributed by atoms with Crippen LogP contribution < -0.4 is 0 Å². The van der Waals surface area contributed by atoms with Crippen molar-refractivity contribution in [1.29, 1.82) is 0 Å². The van der Waals surface area contributed by atoms with Crippen LogP contribution in [0.2, 0.25) is 0 Å². The fourth-order valence-electron chi connectivity index (χ4n) is 2.71. The molecule has 1 aliphatic rings. The molecule has 1 fully saturated rings. The van der Waals surface area contributed by atoms with Crippen LogP contribution in [-0.2, 0) is 0 Å². The van der Waals surface area contributed by atoms with E-state index in [1.165, 1.54) is 18.4 Å². The summed E-state index contributed by atoms with van der Waals surface area (Å²) in [6.45, 7) is 1.16. The zero-order valence-corrected chi connectivity index (χ0v) is 9.40. The maximum absolute atomic E-state index is 9.55. The molecule has 3 rings (SSSR count). The summed E-state index contributed by atoms with van der Waals surface area (Å²) in [5, 5.41) is 10.7. The van der Waals surface area contributed by atoms with Gasteiger partial charge >= 0.3 is 0 Å². The van der Waals surface area contributed by atoms with Gasteiger partial charge in [0.05, 0.1) is 0 Å². The second kappa shape index (κ2) is 3.52. The summed E-state index contributed by atoms with van der Waals surface area (Å²) < 4.78 is 0. The minimum Gasteiger partial charge on any atom is -0.508 e. The minimum absolute atomic E-state index is 0.342. The van der Waals surface area contributed by atoms with Gasteiger partial charge in [-0.3, -0.25) is 4.90 Å². The van der Waals surface area contributed by atoms with Crippen molar-refractivity contribution in [3.8, 4) is 5.75 Å². The van der Waals surface area contributed by atoms with Gasteiger partial charge in [0.25, 0.3) is 0 Å². The quantitative estimate of drug-likeness (QED) is 0.769. The van der Waals surface area contributed by atoms with E-state index >= 15 is 0 Å². The van der Waals surface area contributed by atoms with Gasteiger partial charge in [-0.15, -0.1) is 0 Å². The van der Waals surface area contributed by atoms with Crippen LogP contribution in [0.5, 0.6) is 5.75 Å². The first kappa shape index (κ1) is 9.73. The fraction of sp³-hybridized carbons (Fsp3) is 0.385. The predicted octanol–water partition coefficient (Wildman–Crippen LogP) is 2.64. The average molecular weight is 216 g/mol. The summed E-state index contributed by atoms with van der Waals surface area (Å²) in [6, 6.07) is 6.01. The Balaban J connectivity index is 2.12. The molecule has 0 saturated carbocycles. The Labute approximate surface area is 94.7 Å². The maximum Gasteiger partial charge on any atom is 0.116 e. The molecule has 16 heavy (non-hydrogen) atoms. The first-order chi connectivity index (χ1) is 7.75. The highest BCUT2D eigenvalue weighted by atomic mass is 16.3. The summed E-state index contributed by atoms with van der Waals surface area (Å²) in [6.07, 6.45) is 4.54. The monoisotopic (exact) mass is 216 g/mol. The van der Waals surface area contributed by atoms with Gasteiger partial charge in [-0.1, -0.05) is 0 Å². The van der Waals surface area contributed by atoms with Crippen molar-refractivity contribution in [2.24, 2.45) is 0 Å². The number of fused-ring (bicyclic) bond motifs is 1. The second-order valence-corrected chi connectivity index (χ2v) is 4.61. The van der Waals surface area contributed by atoms with E-state index in [0.717, 1.165) is 17.4 Å². The number of phenolic OH excluding ortho intramolecular Hbond substituents is 1. The summed E-state index contributed by atoms with van der Waals surface area (Å²) in [7, 11) is 2.17. The topological polar surface area (TPSA) is 39.3 Å². The molecule has 0 aliphatic carbocycles. The zero-order chi connectivity index (χ0) is 11.1. The summed E-state index contributed by atoms with van der Waals surface area (Å²) in [4.78, 5) is 5.66. The van der Waals surface area contributed by atoms with Crippen LogP contribution in [0.15, 0.2) is 24.4 Å². The molecule has 2 aromatic rings. The van der Waals surface area contributed by atoms with Crippen molar-refractivity contribution >= 4 is 10.9 Å². The molecule has 1 aromatic heterocycles. The summed E-state index contributed by atoms with van der Waals surface area (Å²) >= 11 is 0. The highest BCUT2D eigenvalue weighted by molar-refractivity contribution is 5.85.